The van der Waals surface area contributed by atoms with E-state index in [1.54, 1.807) is 0 Å². The number of Topliss-reactive ketones (excluding diaryl/α,β-unsaturated/α-hetero) is 1. The topological polar surface area (TPSA) is 128 Å². The Bertz CT molecular complexity index is 902. The number of non-ortho nitro benzene ring substituents is 1. The number of aromatic nitrogens is 2. The first-order valence-electron chi connectivity index (χ1n) is 6.52. The summed E-state index contributed by atoms with van der Waals surface area (Å²) in [5.74, 6) is -1.80. The average Bonchev–Trinajstić information content (AvgIpc) is 3.26. The number of anilines is 1. The molecular weight excluding hydrogens is 336 g/mol. The number of hydrogen-bond acceptors (Lipinski definition) is 8. The van der Waals surface area contributed by atoms with E-state index < -0.39 is 16.6 Å². The SMILES string of the molecule is O=C(Nc1nnc(-c2ccc([N+](=O)[O-])cc2)s1)C(=O)c1ccco1. The molecule has 0 saturated heterocycles. The highest BCUT2D eigenvalue weighted by molar-refractivity contribution is 7.18. The third kappa shape index (κ3) is 3.17. The van der Waals surface area contributed by atoms with Gasteiger partial charge < -0.3 is 4.42 Å². The summed E-state index contributed by atoms with van der Waals surface area (Å²) >= 11 is 1.04. The van der Waals surface area contributed by atoms with E-state index in [2.05, 4.69) is 15.5 Å². The summed E-state index contributed by atoms with van der Waals surface area (Å²) in [6.45, 7) is 0. The van der Waals surface area contributed by atoms with Gasteiger partial charge in [0.15, 0.2) is 5.76 Å². The van der Waals surface area contributed by atoms with Crippen molar-refractivity contribution < 1.29 is 18.9 Å². The van der Waals surface area contributed by atoms with Gasteiger partial charge in [-0.3, -0.25) is 25.0 Å². The zero-order valence-electron chi connectivity index (χ0n) is 11.8. The molecule has 0 aliphatic rings. The maximum Gasteiger partial charge on any atom is 0.301 e. The lowest BCUT2D eigenvalue weighted by atomic mass is 10.2. The Kier molecular flexibility index (Phi) is 4.12. The molecule has 2 aromatic heterocycles. The molecule has 0 saturated carbocycles. The Morgan fingerprint density at radius 2 is 1.92 bits per heavy atom. The van der Waals surface area contributed by atoms with Crippen LogP contribution >= 0.6 is 11.3 Å². The number of nitro benzene ring substituents is 1. The van der Waals surface area contributed by atoms with Gasteiger partial charge in [0.25, 0.3) is 11.5 Å². The van der Waals surface area contributed by atoms with E-state index in [9.17, 15) is 19.7 Å². The van der Waals surface area contributed by atoms with Crippen LogP contribution in [0.15, 0.2) is 47.1 Å². The van der Waals surface area contributed by atoms with Crippen molar-refractivity contribution in [1.82, 2.24) is 10.2 Å². The van der Waals surface area contributed by atoms with Crippen molar-refractivity contribution in [1.29, 1.82) is 0 Å². The fraction of sp³-hybridized carbons (Fsp3) is 0. The fourth-order valence-corrected chi connectivity index (χ4v) is 2.53. The molecule has 9 nitrogen and oxygen atoms in total. The second-order valence-electron chi connectivity index (χ2n) is 4.48. The number of nitrogens with zero attached hydrogens (tertiary/aromatic N) is 3. The van der Waals surface area contributed by atoms with E-state index in [-0.39, 0.29) is 16.6 Å². The zero-order valence-corrected chi connectivity index (χ0v) is 12.6. The van der Waals surface area contributed by atoms with Gasteiger partial charge in [-0.05, 0) is 24.3 Å². The molecule has 1 aromatic carbocycles. The van der Waals surface area contributed by atoms with Crippen LogP contribution < -0.4 is 5.32 Å². The molecule has 1 amide bonds. The Balaban J connectivity index is 1.72. The monoisotopic (exact) mass is 344 g/mol. The van der Waals surface area contributed by atoms with Crippen molar-refractivity contribution >= 4 is 33.8 Å². The van der Waals surface area contributed by atoms with Gasteiger partial charge in [0.2, 0.25) is 5.13 Å². The van der Waals surface area contributed by atoms with Gasteiger partial charge in [-0.25, -0.2) is 0 Å². The summed E-state index contributed by atoms with van der Waals surface area (Å²) in [7, 11) is 0. The fourth-order valence-electron chi connectivity index (χ4n) is 1.79. The average molecular weight is 344 g/mol. The first kappa shape index (κ1) is 15.5. The van der Waals surface area contributed by atoms with Crippen LogP contribution in [-0.2, 0) is 4.79 Å². The van der Waals surface area contributed by atoms with Gasteiger partial charge in [-0.1, -0.05) is 11.3 Å². The molecule has 0 aliphatic carbocycles. The second-order valence-corrected chi connectivity index (χ2v) is 5.45. The van der Waals surface area contributed by atoms with E-state index in [0.717, 1.165) is 11.3 Å². The molecule has 24 heavy (non-hydrogen) atoms. The number of nitro groups is 1. The van der Waals surface area contributed by atoms with Gasteiger partial charge in [-0.2, -0.15) is 0 Å². The Morgan fingerprint density at radius 3 is 2.54 bits per heavy atom. The molecule has 10 heteroatoms. The lowest BCUT2D eigenvalue weighted by Crippen LogP contribution is -2.22. The number of ketones is 1. The van der Waals surface area contributed by atoms with E-state index in [1.165, 1.54) is 42.7 Å². The van der Waals surface area contributed by atoms with Crippen LogP contribution in [0, 0.1) is 10.1 Å². The van der Waals surface area contributed by atoms with Gasteiger partial charge in [0.05, 0.1) is 11.2 Å². The normalized spacial score (nSPS) is 10.3. The summed E-state index contributed by atoms with van der Waals surface area (Å²) in [6.07, 6.45) is 1.29. The van der Waals surface area contributed by atoms with E-state index in [4.69, 9.17) is 4.42 Å². The van der Waals surface area contributed by atoms with Gasteiger partial charge in [0, 0.05) is 17.7 Å². The lowest BCUT2D eigenvalue weighted by Gasteiger charge is -1.97. The third-order valence-electron chi connectivity index (χ3n) is 2.92. The smallest absolute Gasteiger partial charge is 0.301 e. The summed E-state index contributed by atoms with van der Waals surface area (Å²) in [5, 5.41) is 21.2. The molecule has 0 fully saturated rings. The minimum Gasteiger partial charge on any atom is -0.461 e. The summed E-state index contributed by atoms with van der Waals surface area (Å²) in [6, 6.07) is 8.61. The minimum atomic E-state index is -0.892. The Hall–Kier alpha value is -3.40. The van der Waals surface area contributed by atoms with Crippen molar-refractivity contribution in [3.63, 3.8) is 0 Å². The summed E-state index contributed by atoms with van der Waals surface area (Å²) < 4.78 is 4.86. The molecule has 0 atom stereocenters. The molecule has 0 radical (unpaired) electrons. The Morgan fingerprint density at radius 1 is 1.17 bits per heavy atom. The van der Waals surface area contributed by atoms with Crippen molar-refractivity contribution in [2.45, 2.75) is 0 Å². The van der Waals surface area contributed by atoms with Crippen LogP contribution in [0.4, 0.5) is 10.8 Å². The van der Waals surface area contributed by atoms with E-state index >= 15 is 0 Å². The van der Waals surface area contributed by atoms with E-state index in [1.807, 2.05) is 0 Å². The summed E-state index contributed by atoms with van der Waals surface area (Å²) in [5.41, 5.74) is 0.566. The van der Waals surface area contributed by atoms with Gasteiger partial charge in [0.1, 0.15) is 5.01 Å². The maximum atomic E-state index is 11.8. The number of benzene rings is 1. The van der Waals surface area contributed by atoms with Gasteiger partial charge >= 0.3 is 5.91 Å². The van der Waals surface area contributed by atoms with Crippen LogP contribution in [0.1, 0.15) is 10.6 Å². The van der Waals surface area contributed by atoms with Gasteiger partial charge in [-0.15, -0.1) is 10.2 Å². The number of rotatable bonds is 5. The number of amides is 1. The van der Waals surface area contributed by atoms with Crippen LogP contribution in [0.25, 0.3) is 10.6 Å². The number of nitrogens with one attached hydrogen (secondary N) is 1. The molecule has 0 aliphatic heterocycles. The third-order valence-corrected chi connectivity index (χ3v) is 3.81. The first-order valence-corrected chi connectivity index (χ1v) is 7.34. The largest absolute Gasteiger partial charge is 0.461 e. The summed E-state index contributed by atoms with van der Waals surface area (Å²) in [4.78, 5) is 33.7. The number of hydrogen-bond donors (Lipinski definition) is 1. The number of carbonyl (C=O) groups excluding carboxylic acids is 2. The van der Waals surface area contributed by atoms with Crippen molar-refractivity contribution in [2.24, 2.45) is 0 Å². The van der Waals surface area contributed by atoms with E-state index in [0.29, 0.717) is 10.6 Å². The highest BCUT2D eigenvalue weighted by Gasteiger charge is 2.20. The van der Waals surface area contributed by atoms with Crippen molar-refractivity contribution in [2.75, 3.05) is 5.32 Å². The first-order chi connectivity index (χ1) is 11.5. The highest BCUT2D eigenvalue weighted by Crippen LogP contribution is 2.27. The predicted molar refractivity (Wildman–Crippen MR) is 83.7 cm³/mol. The number of furan rings is 1. The molecule has 3 rings (SSSR count). The quantitative estimate of drug-likeness (QED) is 0.326. The molecule has 0 bridgehead atoms. The molecule has 1 N–H and O–H groups in total. The number of carbonyl (C=O) groups is 2. The predicted octanol–water partition coefficient (Wildman–Crippen LogP) is 2.53. The molecule has 2 heterocycles. The second kappa shape index (κ2) is 6.38. The van der Waals surface area contributed by atoms with Crippen molar-refractivity contribution in [3.05, 3.63) is 58.5 Å². The van der Waals surface area contributed by atoms with Crippen LogP contribution in [0.5, 0.6) is 0 Å². The van der Waals surface area contributed by atoms with Crippen LogP contribution in [0.3, 0.4) is 0 Å². The molecule has 0 spiro atoms. The lowest BCUT2D eigenvalue weighted by molar-refractivity contribution is -0.384. The maximum absolute atomic E-state index is 11.8. The molecular formula is C14H8N4O5S. The zero-order chi connectivity index (χ0) is 17.1. The van der Waals surface area contributed by atoms with Crippen molar-refractivity contribution in [3.8, 4) is 10.6 Å². The van der Waals surface area contributed by atoms with Crippen LogP contribution in [-0.4, -0.2) is 26.8 Å². The molecule has 120 valence electrons. The standard InChI is InChI=1S/C14H8N4O5S/c19-11(10-2-1-7-23-10)12(20)15-14-17-16-13(24-14)8-3-5-9(6-4-8)18(21)22/h1-7H,(H,15,17,20). The highest BCUT2D eigenvalue weighted by atomic mass is 32.1. The Labute approximate surface area is 138 Å². The molecule has 3 aromatic rings. The molecule has 0 unspecified atom stereocenters. The van der Waals surface area contributed by atoms with Crippen LogP contribution in [0.2, 0.25) is 0 Å². The minimum absolute atomic E-state index is 0.0409.